The van der Waals surface area contributed by atoms with Gasteiger partial charge in [0, 0.05) is 24.3 Å². The highest BCUT2D eigenvalue weighted by molar-refractivity contribution is 6.04. The third kappa shape index (κ3) is 2.99. The molecule has 2 heterocycles. The summed E-state index contributed by atoms with van der Waals surface area (Å²) in [5.41, 5.74) is 1.81. The maximum atomic E-state index is 12.5. The van der Waals surface area contributed by atoms with Crippen LogP contribution in [0.15, 0.2) is 68.9 Å². The fourth-order valence-corrected chi connectivity index (χ4v) is 3.41. The van der Waals surface area contributed by atoms with Crippen LogP contribution in [-0.4, -0.2) is 23.7 Å². The van der Waals surface area contributed by atoms with Crippen molar-refractivity contribution in [3.05, 3.63) is 76.1 Å². The van der Waals surface area contributed by atoms with Crippen LogP contribution in [0.1, 0.15) is 30.5 Å². The second kappa shape index (κ2) is 6.72. The van der Waals surface area contributed by atoms with Gasteiger partial charge in [0.1, 0.15) is 11.3 Å². The fraction of sp³-hybridized carbons (Fsp3) is 0.190. The first-order chi connectivity index (χ1) is 13.1. The Bertz CT molecular complexity index is 1120. The van der Waals surface area contributed by atoms with Gasteiger partial charge in [-0.3, -0.25) is 4.79 Å². The molecule has 1 aliphatic rings. The summed E-state index contributed by atoms with van der Waals surface area (Å²) in [5.74, 6) is 0.474. The Morgan fingerprint density at radius 3 is 2.70 bits per heavy atom. The minimum atomic E-state index is -0.461. The molecule has 0 unspecified atom stereocenters. The van der Waals surface area contributed by atoms with Gasteiger partial charge in [-0.1, -0.05) is 36.4 Å². The molecule has 0 fully saturated rings. The summed E-state index contributed by atoms with van der Waals surface area (Å²) in [7, 11) is 1.59. The molecule has 2 aromatic carbocycles. The van der Waals surface area contributed by atoms with E-state index < -0.39 is 5.63 Å². The molecular weight excluding hydrogens is 344 g/mol. The Labute approximate surface area is 155 Å². The van der Waals surface area contributed by atoms with Gasteiger partial charge in [-0.2, -0.15) is 5.10 Å². The van der Waals surface area contributed by atoms with Crippen LogP contribution in [0, 0.1) is 0 Å². The number of para-hydroxylation sites is 2. The first-order valence-corrected chi connectivity index (χ1v) is 8.62. The maximum Gasteiger partial charge on any atom is 0.345 e. The van der Waals surface area contributed by atoms with E-state index in [4.69, 9.17) is 9.15 Å². The molecule has 1 amide bonds. The summed E-state index contributed by atoms with van der Waals surface area (Å²) >= 11 is 0. The number of benzene rings is 2. The number of methoxy groups -OCH3 is 1. The van der Waals surface area contributed by atoms with Crippen LogP contribution >= 0.6 is 0 Å². The minimum absolute atomic E-state index is 0.203. The van der Waals surface area contributed by atoms with Gasteiger partial charge in [-0.25, -0.2) is 9.80 Å². The van der Waals surface area contributed by atoms with Gasteiger partial charge in [0.15, 0.2) is 0 Å². The number of rotatable bonds is 3. The molecule has 6 nitrogen and oxygen atoms in total. The third-order valence-electron chi connectivity index (χ3n) is 4.68. The molecule has 0 saturated carbocycles. The molecule has 1 aliphatic heterocycles. The lowest BCUT2D eigenvalue weighted by molar-refractivity contribution is -0.130. The second-order valence-corrected chi connectivity index (χ2v) is 6.36. The largest absolute Gasteiger partial charge is 0.496 e. The number of fused-ring (bicyclic) bond motifs is 1. The molecule has 0 N–H and O–H groups in total. The molecule has 0 saturated heterocycles. The number of hydrazone groups is 1. The first-order valence-electron chi connectivity index (χ1n) is 8.62. The van der Waals surface area contributed by atoms with Gasteiger partial charge in [-0.05, 0) is 18.2 Å². The molecule has 4 rings (SSSR count). The standard InChI is InChI=1S/C21H18N2O4/c1-13(24)23-18(15-8-4-6-10-20(15)26-2)12-17(22-23)16-11-14-7-3-5-9-19(14)27-21(16)25/h3-11,18H,12H2,1-2H3/t18-/m0/s1. The monoisotopic (exact) mass is 362 g/mol. The van der Waals surface area contributed by atoms with E-state index in [0.29, 0.717) is 29.0 Å². The fourth-order valence-electron chi connectivity index (χ4n) is 3.41. The molecule has 6 heteroatoms. The normalized spacial score (nSPS) is 16.4. The number of nitrogens with zero attached hydrogens (tertiary/aromatic N) is 2. The van der Waals surface area contributed by atoms with Crippen molar-refractivity contribution in [2.45, 2.75) is 19.4 Å². The smallest absolute Gasteiger partial charge is 0.345 e. The van der Waals surface area contributed by atoms with E-state index in [1.165, 1.54) is 11.9 Å². The summed E-state index contributed by atoms with van der Waals surface area (Å²) in [4.78, 5) is 24.7. The molecular formula is C21H18N2O4. The van der Waals surface area contributed by atoms with Crippen LogP contribution in [0.5, 0.6) is 5.75 Å². The average molecular weight is 362 g/mol. The Kier molecular flexibility index (Phi) is 4.24. The van der Waals surface area contributed by atoms with E-state index in [1.54, 1.807) is 19.2 Å². The van der Waals surface area contributed by atoms with Crippen molar-refractivity contribution in [3.63, 3.8) is 0 Å². The van der Waals surface area contributed by atoms with Gasteiger partial charge in [0.2, 0.25) is 5.91 Å². The van der Waals surface area contributed by atoms with E-state index in [-0.39, 0.29) is 11.9 Å². The van der Waals surface area contributed by atoms with Crippen LogP contribution < -0.4 is 10.4 Å². The predicted molar refractivity (Wildman–Crippen MR) is 102 cm³/mol. The predicted octanol–water partition coefficient (Wildman–Crippen LogP) is 3.50. The molecule has 1 aromatic heterocycles. The number of amides is 1. The van der Waals surface area contributed by atoms with Crippen LogP contribution in [0.2, 0.25) is 0 Å². The van der Waals surface area contributed by atoms with Gasteiger partial charge in [-0.15, -0.1) is 0 Å². The summed E-state index contributed by atoms with van der Waals surface area (Å²) in [6, 6.07) is 16.2. The van der Waals surface area contributed by atoms with Crippen molar-refractivity contribution >= 4 is 22.6 Å². The third-order valence-corrected chi connectivity index (χ3v) is 4.68. The zero-order valence-corrected chi connectivity index (χ0v) is 15.0. The lowest BCUT2D eigenvalue weighted by Crippen LogP contribution is -2.24. The number of carbonyl (C=O) groups excluding carboxylic acids is 1. The minimum Gasteiger partial charge on any atom is -0.496 e. The SMILES string of the molecule is COc1ccccc1[C@@H]1CC(c2cc3ccccc3oc2=O)=NN1C(C)=O. The molecule has 1 atom stereocenters. The van der Waals surface area contributed by atoms with Gasteiger partial charge >= 0.3 is 5.63 Å². The van der Waals surface area contributed by atoms with Crippen LogP contribution in [0.4, 0.5) is 0 Å². The first kappa shape index (κ1) is 17.0. The summed E-state index contributed by atoms with van der Waals surface area (Å²) in [5, 5.41) is 6.66. The quantitative estimate of drug-likeness (QED) is 0.669. The number of hydrogen-bond donors (Lipinski definition) is 0. The second-order valence-electron chi connectivity index (χ2n) is 6.36. The topological polar surface area (TPSA) is 72.1 Å². The molecule has 136 valence electrons. The highest BCUT2D eigenvalue weighted by atomic mass is 16.5. The van der Waals surface area contributed by atoms with Gasteiger partial charge < -0.3 is 9.15 Å². The van der Waals surface area contributed by atoms with Crippen molar-refractivity contribution in [2.24, 2.45) is 5.10 Å². The van der Waals surface area contributed by atoms with E-state index >= 15 is 0 Å². The number of carbonyl (C=O) groups is 1. The highest BCUT2D eigenvalue weighted by Gasteiger charge is 2.34. The molecule has 0 radical (unpaired) electrons. The van der Waals surface area contributed by atoms with Crippen molar-refractivity contribution in [2.75, 3.05) is 7.11 Å². The lowest BCUT2D eigenvalue weighted by Gasteiger charge is -2.22. The zero-order chi connectivity index (χ0) is 19.0. The Morgan fingerprint density at radius 2 is 1.93 bits per heavy atom. The Balaban J connectivity index is 1.79. The van der Waals surface area contributed by atoms with Gasteiger partial charge in [0.25, 0.3) is 0 Å². The molecule has 27 heavy (non-hydrogen) atoms. The maximum absolute atomic E-state index is 12.5. The van der Waals surface area contributed by atoms with E-state index in [2.05, 4.69) is 5.10 Å². The van der Waals surface area contributed by atoms with E-state index in [0.717, 1.165) is 10.9 Å². The number of hydrogen-bond acceptors (Lipinski definition) is 5. The average Bonchev–Trinajstić information content (AvgIpc) is 3.12. The number of ether oxygens (including phenoxy) is 1. The Morgan fingerprint density at radius 1 is 1.19 bits per heavy atom. The van der Waals surface area contributed by atoms with Crippen molar-refractivity contribution < 1.29 is 13.9 Å². The van der Waals surface area contributed by atoms with E-state index in [9.17, 15) is 9.59 Å². The van der Waals surface area contributed by atoms with Crippen molar-refractivity contribution in [1.82, 2.24) is 5.01 Å². The molecule has 0 bridgehead atoms. The zero-order valence-electron chi connectivity index (χ0n) is 15.0. The summed E-state index contributed by atoms with van der Waals surface area (Å²) in [6.45, 7) is 1.46. The van der Waals surface area contributed by atoms with E-state index in [1.807, 2.05) is 42.5 Å². The van der Waals surface area contributed by atoms with Crippen LogP contribution in [0.3, 0.4) is 0 Å². The molecule has 0 aliphatic carbocycles. The van der Waals surface area contributed by atoms with Crippen LogP contribution in [0.25, 0.3) is 11.0 Å². The molecule has 3 aromatic rings. The summed E-state index contributed by atoms with van der Waals surface area (Å²) in [6.07, 6.45) is 0.406. The van der Waals surface area contributed by atoms with Gasteiger partial charge in [0.05, 0.1) is 24.4 Å². The van der Waals surface area contributed by atoms with Crippen molar-refractivity contribution in [1.29, 1.82) is 0 Å². The molecule has 0 spiro atoms. The van der Waals surface area contributed by atoms with Crippen LogP contribution in [-0.2, 0) is 4.79 Å². The lowest BCUT2D eigenvalue weighted by atomic mass is 9.98. The highest BCUT2D eigenvalue weighted by Crippen LogP contribution is 2.37. The Hall–Kier alpha value is -3.41. The summed E-state index contributed by atoms with van der Waals surface area (Å²) < 4.78 is 10.9. The van der Waals surface area contributed by atoms with Crippen molar-refractivity contribution in [3.8, 4) is 5.75 Å².